The van der Waals surface area contributed by atoms with Crippen LogP contribution in [0.3, 0.4) is 0 Å². The summed E-state index contributed by atoms with van der Waals surface area (Å²) in [5, 5.41) is 0.698. The third-order valence-corrected chi connectivity index (χ3v) is 4.04. The zero-order chi connectivity index (χ0) is 13.1. The van der Waals surface area contributed by atoms with Crippen LogP contribution in [-0.2, 0) is 23.7 Å². The number of halogens is 1. The smallest absolute Gasteiger partial charge is 0.190 e. The Labute approximate surface area is 115 Å². The van der Waals surface area contributed by atoms with Gasteiger partial charge in [0.15, 0.2) is 17.9 Å². The van der Waals surface area contributed by atoms with Gasteiger partial charge in [-0.05, 0) is 27.7 Å². The summed E-state index contributed by atoms with van der Waals surface area (Å²) in [5.41, 5.74) is 0. The van der Waals surface area contributed by atoms with Gasteiger partial charge in [0.25, 0.3) is 0 Å². The minimum atomic E-state index is -0.631. The summed E-state index contributed by atoms with van der Waals surface area (Å²) in [6.45, 7) is 7.59. The molecular formula is C12H19BrO5. The molecule has 5 atom stereocenters. The van der Waals surface area contributed by atoms with Crippen molar-refractivity contribution in [2.75, 3.05) is 5.33 Å². The molecule has 3 rings (SSSR count). The number of fused-ring (bicyclic) bond motifs is 3. The molecule has 0 amide bonds. The molecule has 3 aliphatic rings. The van der Waals surface area contributed by atoms with E-state index in [1.807, 2.05) is 27.7 Å². The van der Waals surface area contributed by atoms with Crippen LogP contribution >= 0.6 is 15.9 Å². The van der Waals surface area contributed by atoms with Gasteiger partial charge in [-0.1, -0.05) is 15.9 Å². The van der Waals surface area contributed by atoms with Gasteiger partial charge >= 0.3 is 0 Å². The van der Waals surface area contributed by atoms with Gasteiger partial charge in [0, 0.05) is 5.33 Å². The molecule has 0 spiro atoms. The summed E-state index contributed by atoms with van der Waals surface area (Å²) in [5.74, 6) is -1.25. The van der Waals surface area contributed by atoms with Gasteiger partial charge in [-0.15, -0.1) is 0 Å². The predicted octanol–water partition coefficient (Wildman–Crippen LogP) is 1.78. The molecule has 0 saturated carbocycles. The summed E-state index contributed by atoms with van der Waals surface area (Å²) in [6, 6.07) is 0. The van der Waals surface area contributed by atoms with E-state index in [-0.39, 0.29) is 30.7 Å². The van der Waals surface area contributed by atoms with Gasteiger partial charge in [0.2, 0.25) is 0 Å². The second-order valence-corrected chi connectivity index (χ2v) is 6.51. The number of alkyl halides is 1. The highest BCUT2D eigenvalue weighted by Crippen LogP contribution is 2.44. The fourth-order valence-corrected chi connectivity index (χ4v) is 3.34. The van der Waals surface area contributed by atoms with E-state index in [4.69, 9.17) is 23.7 Å². The van der Waals surface area contributed by atoms with E-state index in [0.717, 1.165) is 0 Å². The van der Waals surface area contributed by atoms with Crippen LogP contribution in [0, 0.1) is 0 Å². The second-order valence-electron chi connectivity index (χ2n) is 5.86. The van der Waals surface area contributed by atoms with Crippen LogP contribution in [0.15, 0.2) is 0 Å². The van der Waals surface area contributed by atoms with Crippen LogP contribution in [0.1, 0.15) is 27.7 Å². The highest BCUT2D eigenvalue weighted by atomic mass is 79.9. The van der Waals surface area contributed by atoms with Crippen molar-refractivity contribution in [3.8, 4) is 0 Å². The van der Waals surface area contributed by atoms with Crippen LogP contribution in [0.25, 0.3) is 0 Å². The summed E-state index contributed by atoms with van der Waals surface area (Å²) >= 11 is 3.46. The molecule has 0 aromatic heterocycles. The van der Waals surface area contributed by atoms with Gasteiger partial charge in [-0.25, -0.2) is 0 Å². The molecule has 18 heavy (non-hydrogen) atoms. The fraction of sp³-hybridized carbons (Fsp3) is 1.00. The normalized spacial score (nSPS) is 48.8. The maximum atomic E-state index is 5.96. The number of hydrogen-bond donors (Lipinski definition) is 0. The van der Waals surface area contributed by atoms with Gasteiger partial charge in [0.05, 0.1) is 6.10 Å². The standard InChI is InChI=1S/C12H19BrO5/c1-11(2)15-6(5-13)7-8(16-11)9-10(14-7)18-12(3,4)17-9/h6-10H,5H2,1-4H3/t6-,7-,8+,9?,10?/m1/s1. The monoisotopic (exact) mass is 322 g/mol. The van der Waals surface area contributed by atoms with Crippen LogP contribution in [0.5, 0.6) is 0 Å². The lowest BCUT2D eigenvalue weighted by atomic mass is 10.0. The second kappa shape index (κ2) is 4.14. The molecule has 0 aliphatic carbocycles. The average Bonchev–Trinajstić information content (AvgIpc) is 2.69. The molecular weight excluding hydrogens is 304 g/mol. The molecule has 3 aliphatic heterocycles. The first kappa shape index (κ1) is 13.3. The molecule has 3 fully saturated rings. The predicted molar refractivity (Wildman–Crippen MR) is 66.3 cm³/mol. The summed E-state index contributed by atoms with van der Waals surface area (Å²) in [4.78, 5) is 0. The summed E-state index contributed by atoms with van der Waals surface area (Å²) < 4.78 is 29.3. The Morgan fingerprint density at radius 1 is 0.833 bits per heavy atom. The van der Waals surface area contributed by atoms with Crippen molar-refractivity contribution in [2.24, 2.45) is 0 Å². The molecule has 6 heteroatoms. The number of rotatable bonds is 1. The third-order valence-electron chi connectivity index (χ3n) is 3.40. The lowest BCUT2D eigenvalue weighted by Crippen LogP contribution is -2.56. The Kier molecular flexibility index (Phi) is 3.05. The van der Waals surface area contributed by atoms with E-state index in [2.05, 4.69) is 15.9 Å². The zero-order valence-corrected chi connectivity index (χ0v) is 12.6. The van der Waals surface area contributed by atoms with Crippen molar-refractivity contribution in [1.29, 1.82) is 0 Å². The summed E-state index contributed by atoms with van der Waals surface area (Å²) in [6.07, 6.45) is -0.907. The van der Waals surface area contributed by atoms with Crippen molar-refractivity contribution < 1.29 is 23.7 Å². The molecule has 104 valence electrons. The number of hydrogen-bond acceptors (Lipinski definition) is 5. The van der Waals surface area contributed by atoms with E-state index in [1.165, 1.54) is 0 Å². The van der Waals surface area contributed by atoms with Gasteiger partial charge in [-0.3, -0.25) is 0 Å². The van der Waals surface area contributed by atoms with Crippen molar-refractivity contribution in [3.05, 3.63) is 0 Å². The Hall–Kier alpha value is 0.280. The molecule has 0 aromatic rings. The average molecular weight is 323 g/mol. The molecule has 3 heterocycles. The Balaban J connectivity index is 1.83. The van der Waals surface area contributed by atoms with E-state index in [9.17, 15) is 0 Å². The highest BCUT2D eigenvalue weighted by molar-refractivity contribution is 9.09. The summed E-state index contributed by atoms with van der Waals surface area (Å²) in [7, 11) is 0. The quantitative estimate of drug-likeness (QED) is 0.689. The molecule has 0 bridgehead atoms. The topological polar surface area (TPSA) is 46.2 Å². The Bertz CT molecular complexity index is 345. The first-order valence-corrected chi connectivity index (χ1v) is 7.36. The Morgan fingerprint density at radius 3 is 2.11 bits per heavy atom. The minimum Gasteiger partial charge on any atom is -0.344 e. The molecule has 5 nitrogen and oxygen atoms in total. The lowest BCUT2D eigenvalue weighted by Gasteiger charge is -2.43. The minimum absolute atomic E-state index is 0.0559. The maximum Gasteiger partial charge on any atom is 0.190 e. The lowest BCUT2D eigenvalue weighted by molar-refractivity contribution is -0.339. The van der Waals surface area contributed by atoms with Gasteiger partial charge < -0.3 is 23.7 Å². The largest absolute Gasteiger partial charge is 0.344 e. The molecule has 3 saturated heterocycles. The molecule has 0 radical (unpaired) electrons. The molecule has 0 N–H and O–H groups in total. The Morgan fingerprint density at radius 2 is 1.44 bits per heavy atom. The SMILES string of the molecule is CC1(C)OC2O[C@H]3[C@H](OC(C)(C)O[C@@H]3CBr)C2O1. The van der Waals surface area contributed by atoms with Crippen molar-refractivity contribution in [3.63, 3.8) is 0 Å². The van der Waals surface area contributed by atoms with Crippen molar-refractivity contribution >= 4 is 15.9 Å². The van der Waals surface area contributed by atoms with E-state index in [0.29, 0.717) is 5.33 Å². The first-order valence-electron chi connectivity index (χ1n) is 6.24. The van der Waals surface area contributed by atoms with E-state index >= 15 is 0 Å². The van der Waals surface area contributed by atoms with Gasteiger partial charge in [0.1, 0.15) is 18.3 Å². The molecule has 2 unspecified atom stereocenters. The van der Waals surface area contributed by atoms with Crippen LogP contribution in [0.4, 0.5) is 0 Å². The molecule has 0 aromatic carbocycles. The van der Waals surface area contributed by atoms with E-state index in [1.54, 1.807) is 0 Å². The number of ether oxygens (including phenoxy) is 5. The third kappa shape index (κ3) is 2.13. The van der Waals surface area contributed by atoms with E-state index < -0.39 is 11.6 Å². The van der Waals surface area contributed by atoms with Gasteiger partial charge in [-0.2, -0.15) is 0 Å². The van der Waals surface area contributed by atoms with Crippen molar-refractivity contribution in [2.45, 2.75) is 70.0 Å². The van der Waals surface area contributed by atoms with Crippen LogP contribution < -0.4 is 0 Å². The fourth-order valence-electron chi connectivity index (χ4n) is 2.84. The van der Waals surface area contributed by atoms with Crippen molar-refractivity contribution in [1.82, 2.24) is 0 Å². The first-order chi connectivity index (χ1) is 8.31. The zero-order valence-electron chi connectivity index (χ0n) is 11.0. The van der Waals surface area contributed by atoms with Crippen LogP contribution in [-0.4, -0.2) is 47.6 Å². The highest BCUT2D eigenvalue weighted by Gasteiger charge is 2.60. The van der Waals surface area contributed by atoms with Crippen LogP contribution in [0.2, 0.25) is 0 Å². The maximum absolute atomic E-state index is 5.96.